The third kappa shape index (κ3) is 2.83. The molecule has 0 unspecified atom stereocenters. The summed E-state index contributed by atoms with van der Waals surface area (Å²) in [6.07, 6.45) is 1.82. The molecule has 0 saturated carbocycles. The highest BCUT2D eigenvalue weighted by atomic mass is 32.2. The third-order valence-electron chi connectivity index (χ3n) is 3.41. The fraction of sp³-hybridized carbons (Fsp3) is 0.125. The van der Waals surface area contributed by atoms with Crippen LogP contribution >= 0.6 is 11.8 Å². The Bertz CT molecular complexity index is 948. The zero-order valence-corrected chi connectivity index (χ0v) is 13.2. The Morgan fingerprint density at radius 1 is 1.04 bits per heavy atom. The van der Waals surface area contributed by atoms with E-state index in [0.29, 0.717) is 16.9 Å². The molecule has 0 aliphatic carbocycles. The van der Waals surface area contributed by atoms with Gasteiger partial charge in [0.1, 0.15) is 5.69 Å². The number of benzene rings is 1. The van der Waals surface area contributed by atoms with Crippen molar-refractivity contribution in [2.75, 3.05) is 0 Å². The lowest BCUT2D eigenvalue weighted by atomic mass is 10.2. The second-order valence-electron chi connectivity index (χ2n) is 4.99. The van der Waals surface area contributed by atoms with Crippen LogP contribution in [-0.2, 0) is 5.75 Å². The van der Waals surface area contributed by atoms with Crippen molar-refractivity contribution in [2.45, 2.75) is 17.9 Å². The molecule has 23 heavy (non-hydrogen) atoms. The van der Waals surface area contributed by atoms with Crippen molar-refractivity contribution in [1.29, 1.82) is 0 Å². The first-order valence-corrected chi connectivity index (χ1v) is 8.10. The number of H-pyrrole nitrogens is 1. The van der Waals surface area contributed by atoms with Gasteiger partial charge in [0.25, 0.3) is 11.1 Å². The third-order valence-corrected chi connectivity index (χ3v) is 4.24. The van der Waals surface area contributed by atoms with Crippen molar-refractivity contribution in [3.8, 4) is 11.6 Å². The molecule has 4 rings (SSSR count). The average Bonchev–Trinajstić information content (AvgIpc) is 3.24. The molecule has 0 fully saturated rings. The van der Waals surface area contributed by atoms with Crippen molar-refractivity contribution in [2.24, 2.45) is 0 Å². The summed E-state index contributed by atoms with van der Waals surface area (Å²) in [6.45, 7) is 1.97. The molecule has 3 heterocycles. The van der Waals surface area contributed by atoms with E-state index in [0.717, 1.165) is 28.1 Å². The van der Waals surface area contributed by atoms with Crippen LogP contribution in [0.25, 0.3) is 22.6 Å². The van der Waals surface area contributed by atoms with E-state index in [9.17, 15) is 0 Å². The molecule has 3 aromatic heterocycles. The minimum Gasteiger partial charge on any atom is -0.410 e. The molecule has 0 aliphatic heterocycles. The van der Waals surface area contributed by atoms with Gasteiger partial charge < -0.3 is 9.40 Å². The molecule has 6 nitrogen and oxygen atoms in total. The molecule has 1 aromatic carbocycles. The molecule has 0 saturated heterocycles. The number of nitrogens with zero attached hydrogens (tertiary/aromatic N) is 4. The number of fused-ring (bicyclic) bond motifs is 1. The topological polar surface area (TPSA) is 80.5 Å². The second-order valence-corrected chi connectivity index (χ2v) is 5.92. The van der Waals surface area contributed by atoms with Crippen LogP contribution in [0.5, 0.6) is 0 Å². The predicted octanol–water partition coefficient (Wildman–Crippen LogP) is 3.61. The normalized spacial score (nSPS) is 11.2. The SMILES string of the molecule is Cc1nc2ccccc2nc1CSc1nnc(-c2ccc[nH]2)o1. The summed E-state index contributed by atoms with van der Waals surface area (Å²) < 4.78 is 5.64. The molecule has 0 radical (unpaired) electrons. The van der Waals surface area contributed by atoms with Crippen molar-refractivity contribution >= 4 is 22.8 Å². The minimum atomic E-state index is 0.485. The summed E-state index contributed by atoms with van der Waals surface area (Å²) in [5.74, 6) is 1.12. The first kappa shape index (κ1) is 14.0. The molecular weight excluding hydrogens is 310 g/mol. The van der Waals surface area contributed by atoms with E-state index in [1.165, 1.54) is 11.8 Å². The highest BCUT2D eigenvalue weighted by Gasteiger charge is 2.11. The number of para-hydroxylation sites is 2. The Hall–Kier alpha value is -2.67. The van der Waals surface area contributed by atoms with Gasteiger partial charge in [-0.05, 0) is 31.2 Å². The van der Waals surface area contributed by atoms with Gasteiger partial charge >= 0.3 is 0 Å². The maximum atomic E-state index is 5.64. The summed E-state index contributed by atoms with van der Waals surface area (Å²) in [7, 11) is 0. The molecule has 0 amide bonds. The average molecular weight is 323 g/mol. The lowest BCUT2D eigenvalue weighted by molar-refractivity contribution is 0.464. The van der Waals surface area contributed by atoms with Gasteiger partial charge in [-0.2, -0.15) is 0 Å². The van der Waals surface area contributed by atoms with E-state index >= 15 is 0 Å². The standard InChI is InChI=1S/C16H13N5OS/c1-10-14(19-12-6-3-2-5-11(12)18-10)9-23-16-21-20-15(22-16)13-7-4-8-17-13/h2-8,17H,9H2,1H3. The number of aromatic amines is 1. The first-order chi connectivity index (χ1) is 11.3. The molecule has 0 atom stereocenters. The molecule has 4 aromatic rings. The minimum absolute atomic E-state index is 0.485. The molecule has 7 heteroatoms. The van der Waals surface area contributed by atoms with Gasteiger partial charge in [-0.3, -0.25) is 0 Å². The summed E-state index contributed by atoms with van der Waals surface area (Å²) in [5.41, 5.74) is 4.46. The van der Waals surface area contributed by atoms with Gasteiger partial charge in [0.15, 0.2) is 0 Å². The van der Waals surface area contributed by atoms with Crippen LogP contribution in [0, 0.1) is 6.92 Å². The number of thioether (sulfide) groups is 1. The molecule has 114 valence electrons. The Morgan fingerprint density at radius 2 is 1.87 bits per heavy atom. The zero-order valence-electron chi connectivity index (χ0n) is 12.4. The van der Waals surface area contributed by atoms with Crippen LogP contribution in [0.15, 0.2) is 52.2 Å². The van der Waals surface area contributed by atoms with E-state index in [2.05, 4.69) is 25.1 Å². The summed E-state index contributed by atoms with van der Waals surface area (Å²) in [6, 6.07) is 11.6. The van der Waals surface area contributed by atoms with E-state index in [4.69, 9.17) is 4.42 Å². The van der Waals surface area contributed by atoms with E-state index in [1.54, 1.807) is 0 Å². The molecule has 0 bridgehead atoms. The number of hydrogen-bond donors (Lipinski definition) is 1. The molecule has 0 aliphatic rings. The monoisotopic (exact) mass is 323 g/mol. The Balaban J connectivity index is 1.54. The highest BCUT2D eigenvalue weighted by molar-refractivity contribution is 7.98. The lowest BCUT2D eigenvalue weighted by Gasteiger charge is -2.04. The van der Waals surface area contributed by atoms with Crippen LogP contribution in [0.2, 0.25) is 0 Å². The van der Waals surface area contributed by atoms with Crippen LogP contribution in [0.3, 0.4) is 0 Å². The van der Waals surface area contributed by atoms with Crippen molar-refractivity contribution in [1.82, 2.24) is 25.1 Å². The first-order valence-electron chi connectivity index (χ1n) is 7.12. The quantitative estimate of drug-likeness (QED) is 0.578. The van der Waals surface area contributed by atoms with Crippen LogP contribution in [-0.4, -0.2) is 25.1 Å². The van der Waals surface area contributed by atoms with Crippen LogP contribution in [0.1, 0.15) is 11.4 Å². The smallest absolute Gasteiger partial charge is 0.277 e. The number of aryl methyl sites for hydroxylation is 1. The Morgan fingerprint density at radius 3 is 2.65 bits per heavy atom. The maximum Gasteiger partial charge on any atom is 0.277 e. The van der Waals surface area contributed by atoms with Gasteiger partial charge in [0.2, 0.25) is 0 Å². The highest BCUT2D eigenvalue weighted by Crippen LogP contribution is 2.25. The summed E-state index contributed by atoms with van der Waals surface area (Å²) in [4.78, 5) is 12.3. The van der Waals surface area contributed by atoms with Gasteiger partial charge in [0.05, 0.1) is 22.4 Å². The van der Waals surface area contributed by atoms with E-state index < -0.39 is 0 Å². The van der Waals surface area contributed by atoms with Crippen molar-refractivity contribution in [3.05, 3.63) is 54.0 Å². The fourth-order valence-corrected chi connectivity index (χ4v) is 3.00. The van der Waals surface area contributed by atoms with E-state index in [1.807, 2.05) is 49.5 Å². The fourth-order valence-electron chi connectivity index (χ4n) is 2.23. The number of hydrogen-bond acceptors (Lipinski definition) is 6. The lowest BCUT2D eigenvalue weighted by Crippen LogP contribution is -1.96. The van der Waals surface area contributed by atoms with E-state index in [-0.39, 0.29) is 0 Å². The van der Waals surface area contributed by atoms with Crippen LogP contribution in [0.4, 0.5) is 0 Å². The Kier molecular flexibility index (Phi) is 3.55. The summed E-state index contributed by atoms with van der Waals surface area (Å²) in [5, 5.41) is 8.61. The number of rotatable bonds is 4. The molecule has 0 spiro atoms. The summed E-state index contributed by atoms with van der Waals surface area (Å²) >= 11 is 1.46. The molecular formula is C16H13N5OS. The van der Waals surface area contributed by atoms with Gasteiger partial charge in [-0.1, -0.05) is 23.9 Å². The van der Waals surface area contributed by atoms with Crippen molar-refractivity contribution < 1.29 is 4.42 Å². The number of aromatic nitrogens is 5. The van der Waals surface area contributed by atoms with Crippen LogP contribution < -0.4 is 0 Å². The number of nitrogens with one attached hydrogen (secondary N) is 1. The van der Waals surface area contributed by atoms with Gasteiger partial charge in [-0.15, -0.1) is 10.2 Å². The Labute approximate surface area is 136 Å². The maximum absolute atomic E-state index is 5.64. The van der Waals surface area contributed by atoms with Gasteiger partial charge in [0, 0.05) is 11.9 Å². The predicted molar refractivity (Wildman–Crippen MR) is 87.9 cm³/mol. The molecule has 1 N–H and O–H groups in total. The zero-order chi connectivity index (χ0) is 15.6. The van der Waals surface area contributed by atoms with Crippen molar-refractivity contribution in [3.63, 3.8) is 0 Å². The van der Waals surface area contributed by atoms with Gasteiger partial charge in [-0.25, -0.2) is 9.97 Å². The largest absolute Gasteiger partial charge is 0.410 e. The second kappa shape index (κ2) is 5.85.